The summed E-state index contributed by atoms with van der Waals surface area (Å²) in [6, 6.07) is 15.8. The molecule has 0 aromatic heterocycles. The van der Waals surface area contributed by atoms with Crippen molar-refractivity contribution >= 4 is 5.91 Å². The van der Waals surface area contributed by atoms with Crippen LogP contribution in [-0.4, -0.2) is 5.91 Å². The van der Waals surface area contributed by atoms with Crippen LogP contribution in [0.5, 0.6) is 0 Å². The number of amides is 1. The second kappa shape index (κ2) is 6.16. The summed E-state index contributed by atoms with van der Waals surface area (Å²) in [6.07, 6.45) is 0. The van der Waals surface area contributed by atoms with Gasteiger partial charge in [-0.2, -0.15) is 0 Å². The van der Waals surface area contributed by atoms with Crippen molar-refractivity contribution in [2.45, 2.75) is 20.0 Å². The fraction of sp³-hybridized carbons (Fsp3) is 0.188. The zero-order valence-corrected chi connectivity index (χ0v) is 11.0. The Labute approximate surface area is 113 Å². The van der Waals surface area contributed by atoms with Gasteiger partial charge in [-0.25, -0.2) is 0 Å². The van der Waals surface area contributed by atoms with Crippen LogP contribution in [0.2, 0.25) is 0 Å². The fourth-order valence-corrected chi connectivity index (χ4v) is 2.01. The van der Waals surface area contributed by atoms with Gasteiger partial charge in [-0.15, -0.1) is 0 Å². The predicted molar refractivity (Wildman–Crippen MR) is 76.7 cm³/mol. The van der Waals surface area contributed by atoms with Crippen molar-refractivity contribution < 1.29 is 4.79 Å². The van der Waals surface area contributed by atoms with Crippen molar-refractivity contribution in [3.05, 3.63) is 70.8 Å². The molecule has 2 aromatic rings. The molecule has 0 saturated carbocycles. The number of benzene rings is 2. The zero-order chi connectivity index (χ0) is 13.7. The van der Waals surface area contributed by atoms with E-state index < -0.39 is 0 Å². The maximum atomic E-state index is 11.1. The van der Waals surface area contributed by atoms with Gasteiger partial charge < -0.3 is 11.1 Å². The summed E-state index contributed by atoms with van der Waals surface area (Å²) in [4.78, 5) is 11.1. The topological polar surface area (TPSA) is 55.1 Å². The number of carbonyl (C=O) groups is 1. The maximum Gasteiger partial charge on any atom is 0.248 e. The van der Waals surface area contributed by atoms with Crippen molar-refractivity contribution in [3.8, 4) is 0 Å². The highest BCUT2D eigenvalue weighted by Gasteiger charge is 2.01. The number of nitrogens with two attached hydrogens (primary N) is 1. The minimum absolute atomic E-state index is 0.388. The van der Waals surface area contributed by atoms with E-state index in [1.807, 2.05) is 18.2 Å². The molecule has 98 valence electrons. The normalized spacial score (nSPS) is 10.4. The first-order chi connectivity index (χ1) is 9.15. The first-order valence-electron chi connectivity index (χ1n) is 6.30. The van der Waals surface area contributed by atoms with Crippen molar-refractivity contribution in [1.82, 2.24) is 5.32 Å². The van der Waals surface area contributed by atoms with E-state index in [-0.39, 0.29) is 5.91 Å². The lowest BCUT2D eigenvalue weighted by molar-refractivity contribution is 0.1000. The van der Waals surface area contributed by atoms with Crippen LogP contribution in [0.4, 0.5) is 0 Å². The van der Waals surface area contributed by atoms with Crippen LogP contribution < -0.4 is 11.1 Å². The van der Waals surface area contributed by atoms with E-state index in [4.69, 9.17) is 5.73 Å². The summed E-state index contributed by atoms with van der Waals surface area (Å²) in [5.41, 5.74) is 9.38. The van der Waals surface area contributed by atoms with E-state index in [9.17, 15) is 4.79 Å². The molecule has 0 unspecified atom stereocenters. The third-order valence-corrected chi connectivity index (χ3v) is 2.95. The summed E-state index contributed by atoms with van der Waals surface area (Å²) in [5.74, 6) is -0.388. The highest BCUT2D eigenvalue weighted by atomic mass is 16.1. The van der Waals surface area contributed by atoms with E-state index in [1.165, 1.54) is 11.1 Å². The van der Waals surface area contributed by atoms with Crippen LogP contribution >= 0.6 is 0 Å². The Balaban J connectivity index is 1.92. The van der Waals surface area contributed by atoms with Crippen LogP contribution in [0.1, 0.15) is 27.0 Å². The Bertz CT molecular complexity index is 578. The number of carbonyl (C=O) groups excluding carboxylic acids is 1. The lowest BCUT2D eigenvalue weighted by Crippen LogP contribution is -2.15. The highest BCUT2D eigenvalue weighted by molar-refractivity contribution is 5.92. The Morgan fingerprint density at radius 1 is 1.05 bits per heavy atom. The molecular weight excluding hydrogens is 236 g/mol. The first-order valence-corrected chi connectivity index (χ1v) is 6.30. The van der Waals surface area contributed by atoms with Crippen molar-refractivity contribution in [2.75, 3.05) is 0 Å². The average molecular weight is 254 g/mol. The first kappa shape index (κ1) is 13.3. The maximum absolute atomic E-state index is 11.1. The molecule has 19 heavy (non-hydrogen) atoms. The third kappa shape index (κ3) is 3.93. The van der Waals surface area contributed by atoms with Gasteiger partial charge in [0.05, 0.1) is 0 Å². The Kier molecular flexibility index (Phi) is 4.31. The summed E-state index contributed by atoms with van der Waals surface area (Å²) in [6.45, 7) is 3.61. The molecule has 2 aromatic carbocycles. The molecule has 0 radical (unpaired) electrons. The summed E-state index contributed by atoms with van der Waals surface area (Å²) in [7, 11) is 0. The largest absolute Gasteiger partial charge is 0.366 e. The van der Waals surface area contributed by atoms with Gasteiger partial charge in [-0.3, -0.25) is 4.79 Å². The predicted octanol–water partition coefficient (Wildman–Crippen LogP) is 2.38. The van der Waals surface area contributed by atoms with Gasteiger partial charge in [-0.05, 0) is 30.2 Å². The molecule has 0 fully saturated rings. The number of nitrogens with one attached hydrogen (secondary N) is 1. The molecule has 3 nitrogen and oxygen atoms in total. The van der Waals surface area contributed by atoms with Gasteiger partial charge in [0.2, 0.25) is 5.91 Å². The number of aryl methyl sites for hydroxylation is 1. The molecule has 0 aliphatic heterocycles. The van der Waals surface area contributed by atoms with E-state index in [0.29, 0.717) is 5.56 Å². The van der Waals surface area contributed by atoms with Gasteiger partial charge in [0.1, 0.15) is 0 Å². The summed E-state index contributed by atoms with van der Waals surface area (Å²) in [5, 5.41) is 3.36. The Morgan fingerprint density at radius 3 is 2.32 bits per heavy atom. The molecule has 2 rings (SSSR count). The van der Waals surface area contributed by atoms with Crippen LogP contribution in [0.25, 0.3) is 0 Å². The lowest BCUT2D eigenvalue weighted by Gasteiger charge is -2.07. The SMILES string of the molecule is Cc1cccc(CNCc2cccc(C(N)=O)c2)c1. The summed E-state index contributed by atoms with van der Waals surface area (Å²) < 4.78 is 0. The van der Waals surface area contributed by atoms with Gasteiger partial charge in [-0.1, -0.05) is 42.0 Å². The molecule has 3 heteroatoms. The molecule has 1 amide bonds. The summed E-state index contributed by atoms with van der Waals surface area (Å²) >= 11 is 0. The molecule has 0 bridgehead atoms. The van der Waals surface area contributed by atoms with Crippen LogP contribution in [-0.2, 0) is 13.1 Å². The molecule has 0 aliphatic carbocycles. The van der Waals surface area contributed by atoms with Crippen molar-refractivity contribution in [3.63, 3.8) is 0 Å². The quantitative estimate of drug-likeness (QED) is 0.860. The lowest BCUT2D eigenvalue weighted by atomic mass is 10.1. The molecule has 0 spiro atoms. The van der Waals surface area contributed by atoms with E-state index in [0.717, 1.165) is 18.7 Å². The average Bonchev–Trinajstić information content (AvgIpc) is 2.39. The standard InChI is InChI=1S/C16H18N2O/c1-12-4-2-5-13(8-12)10-18-11-14-6-3-7-15(9-14)16(17)19/h2-9,18H,10-11H2,1H3,(H2,17,19). The van der Waals surface area contributed by atoms with Crippen molar-refractivity contribution in [2.24, 2.45) is 5.73 Å². The molecule has 0 heterocycles. The number of rotatable bonds is 5. The molecular formula is C16H18N2O. The van der Waals surface area contributed by atoms with Crippen LogP contribution in [0.15, 0.2) is 48.5 Å². The minimum atomic E-state index is -0.388. The number of primary amides is 1. The Morgan fingerprint density at radius 2 is 1.68 bits per heavy atom. The third-order valence-electron chi connectivity index (χ3n) is 2.95. The minimum Gasteiger partial charge on any atom is -0.366 e. The monoisotopic (exact) mass is 254 g/mol. The smallest absolute Gasteiger partial charge is 0.248 e. The van der Waals surface area contributed by atoms with Gasteiger partial charge >= 0.3 is 0 Å². The van der Waals surface area contributed by atoms with Gasteiger partial charge in [0.15, 0.2) is 0 Å². The van der Waals surface area contributed by atoms with E-state index in [1.54, 1.807) is 6.07 Å². The molecule has 0 aliphatic rings. The van der Waals surface area contributed by atoms with E-state index >= 15 is 0 Å². The molecule has 3 N–H and O–H groups in total. The van der Waals surface area contributed by atoms with Crippen LogP contribution in [0, 0.1) is 6.92 Å². The second-order valence-corrected chi connectivity index (χ2v) is 4.66. The highest BCUT2D eigenvalue weighted by Crippen LogP contribution is 2.06. The van der Waals surface area contributed by atoms with Crippen molar-refractivity contribution in [1.29, 1.82) is 0 Å². The molecule has 0 atom stereocenters. The number of hydrogen-bond acceptors (Lipinski definition) is 2. The number of hydrogen-bond donors (Lipinski definition) is 2. The Hall–Kier alpha value is -2.13. The molecule has 0 saturated heterocycles. The van der Waals surface area contributed by atoms with Gasteiger partial charge in [0, 0.05) is 18.7 Å². The van der Waals surface area contributed by atoms with Crippen LogP contribution in [0.3, 0.4) is 0 Å². The van der Waals surface area contributed by atoms with E-state index in [2.05, 4.69) is 36.5 Å². The zero-order valence-electron chi connectivity index (χ0n) is 11.0. The second-order valence-electron chi connectivity index (χ2n) is 4.66. The fourth-order valence-electron chi connectivity index (χ4n) is 2.01. The van der Waals surface area contributed by atoms with Gasteiger partial charge in [0.25, 0.3) is 0 Å².